The van der Waals surface area contributed by atoms with Crippen LogP contribution < -0.4 is 25.3 Å². The first kappa shape index (κ1) is 66.2. The van der Waals surface area contributed by atoms with Gasteiger partial charge in [0.2, 0.25) is 29.4 Å². The number of thioether (sulfide) groups is 1. The van der Waals surface area contributed by atoms with Gasteiger partial charge in [0.1, 0.15) is 30.5 Å². The van der Waals surface area contributed by atoms with Crippen molar-refractivity contribution >= 4 is 70.6 Å². The summed E-state index contributed by atoms with van der Waals surface area (Å²) in [7, 11) is 0. The lowest BCUT2D eigenvalue weighted by atomic mass is 9.95. The number of rotatable bonds is 37. The first-order valence-corrected chi connectivity index (χ1v) is 33.0. The number of aromatic hydroxyl groups is 1. The minimum absolute atomic E-state index is 0.00414. The van der Waals surface area contributed by atoms with E-state index in [4.69, 9.17) is 42.3 Å². The van der Waals surface area contributed by atoms with Crippen LogP contribution in [0.25, 0.3) is 44.8 Å². The Hall–Kier alpha value is -7.27. The van der Waals surface area contributed by atoms with Crippen molar-refractivity contribution < 1.29 is 71.4 Å². The molecular formula is C61H71N9O16PS2-. The maximum Gasteiger partial charge on any atom is 0.242 e. The van der Waals surface area contributed by atoms with E-state index < -0.39 is 12.0 Å². The molecule has 5 heterocycles. The fourth-order valence-electron chi connectivity index (χ4n) is 9.94. The molecule has 0 radical (unpaired) electrons. The number of hydrogen-bond acceptors (Lipinski definition) is 21. The number of phenols is 1. The Bertz CT molecular complexity index is 3600. The number of phenolic OH excluding ortho intramolecular Hbond substituents is 1. The lowest BCUT2D eigenvalue weighted by Crippen LogP contribution is -2.37. The third kappa shape index (κ3) is 19.1. The summed E-state index contributed by atoms with van der Waals surface area (Å²) in [5.41, 5.74) is 5.63. The number of carbonyl (C=O) groups is 4. The van der Waals surface area contributed by atoms with Gasteiger partial charge in [-0.25, -0.2) is 9.36 Å². The number of likely N-dealkylation sites (tertiary alicyclic amines) is 1. The van der Waals surface area contributed by atoms with Gasteiger partial charge in [0.05, 0.1) is 121 Å². The summed E-state index contributed by atoms with van der Waals surface area (Å²) in [6.07, 6.45) is 4.68. The number of unbranched alkanes of at least 4 members (excludes halogenated alkanes) is 3. The SMILES string of the molecule is O=C(CCN1C(=O)CC(SCCCCCCOP([O-])(O)=S)C1=O)NCCC(=O)N1Cc2ccccc2-c2c(nnn2CCOCCOCCOCCOCCOCCn2cc(COc3c(O)ccc4c(=O)cc(-c5ccccc5)oc34)nn2)-c2ccccc21. The lowest BCUT2D eigenvalue weighted by molar-refractivity contribution is -0.201. The predicted octanol–water partition coefficient (Wildman–Crippen LogP) is 5.80. The Kier molecular flexibility index (Phi) is 24.9. The van der Waals surface area contributed by atoms with Crippen LogP contribution in [0.3, 0.4) is 0 Å². The molecule has 89 heavy (non-hydrogen) atoms. The average Bonchev–Trinajstić information content (AvgIpc) is 1.79. The molecule has 2 aliphatic rings. The van der Waals surface area contributed by atoms with Crippen molar-refractivity contribution in [3.8, 4) is 45.3 Å². The number of anilines is 1. The molecule has 7 aromatic rings. The summed E-state index contributed by atoms with van der Waals surface area (Å²) < 4.78 is 48.8. The second kappa shape index (κ2) is 33.5. The number of carbonyl (C=O) groups excluding carboxylic acids is 4. The maximum absolute atomic E-state index is 14.1. The number of aromatic nitrogens is 6. The van der Waals surface area contributed by atoms with Gasteiger partial charge in [-0.2, -0.15) is 0 Å². The van der Waals surface area contributed by atoms with Crippen LogP contribution in [0.5, 0.6) is 11.5 Å². The van der Waals surface area contributed by atoms with Gasteiger partial charge < -0.3 is 62.5 Å². The maximum atomic E-state index is 14.1. The summed E-state index contributed by atoms with van der Waals surface area (Å²) in [4.78, 5) is 88.7. The van der Waals surface area contributed by atoms with E-state index in [1.54, 1.807) is 15.8 Å². The van der Waals surface area contributed by atoms with Gasteiger partial charge in [-0.15, -0.1) is 22.0 Å². The van der Waals surface area contributed by atoms with E-state index in [-0.39, 0.29) is 104 Å². The molecule has 4 aromatic carbocycles. The van der Waals surface area contributed by atoms with E-state index in [1.807, 2.05) is 83.5 Å². The van der Waals surface area contributed by atoms with Gasteiger partial charge in [0.25, 0.3) is 0 Å². The highest BCUT2D eigenvalue weighted by molar-refractivity contribution is 8.06. The van der Waals surface area contributed by atoms with Crippen LogP contribution in [0.4, 0.5) is 5.69 Å². The van der Waals surface area contributed by atoms with Gasteiger partial charge in [0.15, 0.2) is 16.8 Å². The Morgan fingerprint density at radius 2 is 1.43 bits per heavy atom. The van der Waals surface area contributed by atoms with Crippen LogP contribution in [0.1, 0.15) is 56.2 Å². The minimum Gasteiger partial charge on any atom is -0.780 e. The van der Waals surface area contributed by atoms with Crippen molar-refractivity contribution in [1.82, 2.24) is 40.2 Å². The van der Waals surface area contributed by atoms with Crippen molar-refractivity contribution in [2.24, 2.45) is 0 Å². The molecule has 0 saturated carbocycles. The fourth-order valence-corrected chi connectivity index (χ4v) is 11.7. The molecule has 9 rings (SSSR count). The van der Waals surface area contributed by atoms with Crippen molar-refractivity contribution in [3.05, 3.63) is 125 Å². The molecule has 2 unspecified atom stereocenters. The highest BCUT2D eigenvalue weighted by Gasteiger charge is 2.38. The van der Waals surface area contributed by atoms with Gasteiger partial charge >= 0.3 is 0 Å². The molecule has 0 spiro atoms. The molecule has 2 atom stereocenters. The third-order valence-corrected chi connectivity index (χ3v) is 16.5. The van der Waals surface area contributed by atoms with E-state index in [2.05, 4.69) is 37.7 Å². The van der Waals surface area contributed by atoms with Crippen LogP contribution >= 0.6 is 18.5 Å². The quantitative estimate of drug-likeness (QED) is 0.0235. The Morgan fingerprint density at radius 1 is 0.753 bits per heavy atom. The van der Waals surface area contributed by atoms with E-state index in [0.29, 0.717) is 120 Å². The number of nitrogens with one attached hydrogen (secondary N) is 1. The Morgan fingerprint density at radius 3 is 2.17 bits per heavy atom. The zero-order valence-electron chi connectivity index (χ0n) is 49.0. The van der Waals surface area contributed by atoms with Crippen molar-refractivity contribution in [3.63, 3.8) is 0 Å². The van der Waals surface area contributed by atoms with Crippen LogP contribution in [0.2, 0.25) is 0 Å². The molecule has 3 N–H and O–H groups in total. The van der Waals surface area contributed by atoms with Crippen LogP contribution in [-0.2, 0) is 85.4 Å². The van der Waals surface area contributed by atoms with E-state index in [9.17, 15) is 34.0 Å². The zero-order chi connectivity index (χ0) is 62.4. The average molecular weight is 1280 g/mol. The largest absolute Gasteiger partial charge is 0.780 e. The van der Waals surface area contributed by atoms with Gasteiger partial charge in [-0.1, -0.05) is 108 Å². The third-order valence-electron chi connectivity index (χ3n) is 14.4. The molecule has 1 saturated heterocycles. The number of para-hydroxylation sites is 1. The highest BCUT2D eigenvalue weighted by Crippen LogP contribution is 2.42. The molecule has 2 aliphatic heterocycles. The van der Waals surface area contributed by atoms with Gasteiger partial charge in [0, 0.05) is 55.1 Å². The second-order valence-electron chi connectivity index (χ2n) is 20.6. The normalized spacial score (nSPS) is 14.5. The molecule has 28 heteroatoms. The molecule has 25 nitrogen and oxygen atoms in total. The topological polar surface area (TPSA) is 307 Å². The number of benzene rings is 4. The minimum atomic E-state index is -3.89. The second-order valence-corrected chi connectivity index (χ2v) is 24.5. The number of hydrogen-bond donors (Lipinski definition) is 3. The highest BCUT2D eigenvalue weighted by atomic mass is 32.5. The zero-order valence-corrected chi connectivity index (χ0v) is 51.5. The molecule has 4 amide bonds. The predicted molar refractivity (Wildman–Crippen MR) is 331 cm³/mol. The smallest absolute Gasteiger partial charge is 0.242 e. The summed E-state index contributed by atoms with van der Waals surface area (Å²) >= 11 is 5.75. The summed E-state index contributed by atoms with van der Waals surface area (Å²) in [6, 6.07) is 28.8. The molecule has 474 valence electrons. The lowest BCUT2D eigenvalue weighted by Gasteiger charge is -2.28. The van der Waals surface area contributed by atoms with Crippen LogP contribution in [0, 0.1) is 0 Å². The van der Waals surface area contributed by atoms with Crippen molar-refractivity contribution in [2.45, 2.75) is 76.4 Å². The molecule has 3 aromatic heterocycles. The van der Waals surface area contributed by atoms with E-state index in [1.165, 1.54) is 30.0 Å². The Labute approximate surface area is 522 Å². The van der Waals surface area contributed by atoms with E-state index >= 15 is 0 Å². The monoisotopic (exact) mass is 1280 g/mol. The van der Waals surface area contributed by atoms with E-state index in [0.717, 1.165) is 46.5 Å². The molecule has 1 fully saturated rings. The summed E-state index contributed by atoms with van der Waals surface area (Å²) in [6.45, 7) is 1.05. The number of amides is 4. The van der Waals surface area contributed by atoms with Gasteiger partial charge in [-0.3, -0.25) is 28.9 Å². The summed E-state index contributed by atoms with van der Waals surface area (Å²) in [5, 5.41) is 30.6. The molecular weight excluding hydrogens is 1210 g/mol. The summed E-state index contributed by atoms with van der Waals surface area (Å²) in [5.74, 6) is -0.343. The number of ether oxygens (including phenoxy) is 6. The first-order chi connectivity index (χ1) is 43.3. The standard InChI is InChI=1S/C61H72N9O16PS2/c71-50-19-18-48-51(72)38-52(43-12-4-3-5-13-43)86-59(48)60(50)84-42-45-41-67(65-63-45)24-27-79-29-31-81-33-35-83-36-34-82-32-30-80-28-25-70-58-46-15-7-6-14-44(46)40-69(49-17-9-8-16-47(49)57(58)64-66-70)55(74)20-22-62-54(73)21-23-68-56(75)39-53(61(68)76)89-37-11-2-1-10-26-85-87(77,78)88/h3-9,12-19,38,41,53,71H,1-2,10-11,20-37,39-40,42H2,(H,62,73)(H2,77,78,88)/p-1. The van der Waals surface area contributed by atoms with Gasteiger partial charge in [-0.05, 0) is 42.4 Å². The number of nitrogens with zero attached hydrogens (tertiary/aromatic N) is 8. The molecule has 0 aliphatic carbocycles. The van der Waals surface area contributed by atoms with Crippen LogP contribution in [-0.4, -0.2) is 165 Å². The molecule has 0 bridgehead atoms. The van der Waals surface area contributed by atoms with Crippen molar-refractivity contribution in [1.29, 1.82) is 0 Å². The van der Waals surface area contributed by atoms with Crippen molar-refractivity contribution in [2.75, 3.05) is 96.4 Å². The Balaban J connectivity index is 0.616. The fraction of sp³-hybridized carbons (Fsp3) is 0.426. The first-order valence-electron chi connectivity index (χ1n) is 29.4. The van der Waals surface area contributed by atoms with Crippen LogP contribution in [0.15, 0.2) is 112 Å². The number of fused-ring (bicyclic) bond motifs is 6. The number of imide groups is 1.